The number of nitrogens with zero attached hydrogens (tertiary/aromatic N) is 1. The van der Waals surface area contributed by atoms with Gasteiger partial charge >= 0.3 is 6.18 Å². The fourth-order valence-corrected chi connectivity index (χ4v) is 2.14. The van der Waals surface area contributed by atoms with E-state index in [-0.39, 0.29) is 34.2 Å². The summed E-state index contributed by atoms with van der Waals surface area (Å²) < 4.78 is 51.1. The number of aromatic nitrogens is 1. The molecule has 0 spiro atoms. The Balaban J connectivity index is 2.21. The third-order valence-corrected chi connectivity index (χ3v) is 3.42. The zero-order chi connectivity index (χ0) is 20.9. The van der Waals surface area contributed by atoms with Crippen LogP contribution in [0, 0.1) is 0 Å². The number of methoxy groups -OCH3 is 2. The van der Waals surface area contributed by atoms with Crippen molar-refractivity contribution in [3.8, 4) is 17.4 Å². The molecule has 1 aromatic carbocycles. The quantitative estimate of drug-likeness (QED) is 0.739. The fraction of sp³-hybridized carbons (Fsp3) is 0.235. The Morgan fingerprint density at radius 3 is 2.29 bits per heavy atom. The molecule has 11 heteroatoms. The van der Waals surface area contributed by atoms with Gasteiger partial charge in [0.1, 0.15) is 0 Å². The molecule has 1 heterocycles. The van der Waals surface area contributed by atoms with Gasteiger partial charge < -0.3 is 25.3 Å². The van der Waals surface area contributed by atoms with Crippen LogP contribution in [0.2, 0.25) is 0 Å². The third kappa shape index (κ3) is 5.25. The number of benzene rings is 1. The molecule has 1 aromatic heterocycles. The highest BCUT2D eigenvalue weighted by Crippen LogP contribution is 2.33. The van der Waals surface area contributed by atoms with E-state index in [9.17, 15) is 22.8 Å². The second-order valence-corrected chi connectivity index (χ2v) is 5.36. The van der Waals surface area contributed by atoms with Crippen molar-refractivity contribution < 1.29 is 37.0 Å². The Kier molecular flexibility index (Phi) is 6.29. The molecule has 8 nitrogen and oxygen atoms in total. The summed E-state index contributed by atoms with van der Waals surface area (Å²) in [6, 6.07) is 5.00. The van der Waals surface area contributed by atoms with Crippen LogP contribution in [0.15, 0.2) is 30.5 Å². The summed E-state index contributed by atoms with van der Waals surface area (Å²) in [4.78, 5) is 27.7. The van der Waals surface area contributed by atoms with E-state index in [0.29, 0.717) is 0 Å². The van der Waals surface area contributed by atoms with Crippen molar-refractivity contribution in [2.75, 3.05) is 26.1 Å². The van der Waals surface area contributed by atoms with Crippen molar-refractivity contribution in [2.24, 2.45) is 5.73 Å². The van der Waals surface area contributed by atoms with Gasteiger partial charge in [-0.1, -0.05) is 0 Å². The summed E-state index contributed by atoms with van der Waals surface area (Å²) in [5.74, 6) is -1.30. The lowest BCUT2D eigenvalue weighted by molar-refractivity contribution is -0.154. The number of halogens is 3. The van der Waals surface area contributed by atoms with E-state index in [4.69, 9.17) is 15.2 Å². The molecular weight excluding hydrogens is 383 g/mol. The van der Waals surface area contributed by atoms with Crippen LogP contribution in [0.25, 0.3) is 0 Å². The molecule has 28 heavy (non-hydrogen) atoms. The first-order chi connectivity index (χ1) is 13.1. The summed E-state index contributed by atoms with van der Waals surface area (Å²) in [5, 5.41) is 2.47. The number of hydrogen-bond acceptors (Lipinski definition) is 6. The monoisotopic (exact) mass is 399 g/mol. The van der Waals surface area contributed by atoms with Crippen molar-refractivity contribution in [3.63, 3.8) is 0 Å². The number of rotatable bonds is 7. The minimum absolute atomic E-state index is 0.0181. The maximum atomic E-state index is 12.4. The molecule has 0 aliphatic carbocycles. The number of ether oxygens (including phenoxy) is 3. The molecule has 0 radical (unpaired) electrons. The van der Waals surface area contributed by atoms with Crippen molar-refractivity contribution in [1.29, 1.82) is 0 Å². The second kappa shape index (κ2) is 8.46. The second-order valence-electron chi connectivity index (χ2n) is 5.36. The standard InChI is InChI=1S/C17H16F3N3O5/c1-26-12-5-10(15(21)24)11(6-13(12)27-2)23-16(25)9-3-4-14(22-7-9)28-8-17(18,19)20/h3-7H,8H2,1-2H3,(H2,21,24)(H,23,25). The summed E-state index contributed by atoms with van der Waals surface area (Å²) in [5.41, 5.74) is 5.38. The minimum atomic E-state index is -4.50. The van der Waals surface area contributed by atoms with Crippen molar-refractivity contribution >= 4 is 17.5 Å². The topological polar surface area (TPSA) is 113 Å². The van der Waals surface area contributed by atoms with Crippen molar-refractivity contribution in [3.05, 3.63) is 41.6 Å². The molecule has 3 N–H and O–H groups in total. The van der Waals surface area contributed by atoms with Crippen LogP contribution < -0.4 is 25.3 Å². The smallest absolute Gasteiger partial charge is 0.422 e. The number of primary amides is 1. The van der Waals surface area contributed by atoms with E-state index < -0.39 is 24.6 Å². The molecule has 2 rings (SSSR count). The molecule has 150 valence electrons. The zero-order valence-corrected chi connectivity index (χ0v) is 14.8. The number of pyridine rings is 1. The molecule has 0 saturated carbocycles. The lowest BCUT2D eigenvalue weighted by Crippen LogP contribution is -2.20. The summed E-state index contributed by atoms with van der Waals surface area (Å²) in [7, 11) is 2.74. The predicted molar refractivity (Wildman–Crippen MR) is 91.8 cm³/mol. The predicted octanol–water partition coefficient (Wildman–Crippen LogP) is 2.39. The molecule has 0 unspecified atom stereocenters. The summed E-state index contributed by atoms with van der Waals surface area (Å²) >= 11 is 0. The van der Waals surface area contributed by atoms with Gasteiger partial charge in [-0.25, -0.2) is 4.98 Å². The Morgan fingerprint density at radius 2 is 1.79 bits per heavy atom. The number of amides is 2. The number of nitrogens with one attached hydrogen (secondary N) is 1. The van der Waals surface area contributed by atoms with Gasteiger partial charge in [-0.05, 0) is 12.1 Å². The van der Waals surface area contributed by atoms with E-state index >= 15 is 0 Å². The lowest BCUT2D eigenvalue weighted by Gasteiger charge is -2.14. The maximum absolute atomic E-state index is 12.4. The van der Waals surface area contributed by atoms with Crippen LogP contribution in [0.5, 0.6) is 17.4 Å². The van der Waals surface area contributed by atoms with Crippen molar-refractivity contribution in [2.45, 2.75) is 6.18 Å². The molecule has 0 aliphatic heterocycles. The number of nitrogens with two attached hydrogens (primary N) is 1. The summed E-state index contributed by atoms with van der Waals surface area (Å²) in [6.07, 6.45) is -3.47. The molecule has 2 amide bonds. The number of alkyl halides is 3. The van der Waals surface area contributed by atoms with Crippen LogP contribution in [0.1, 0.15) is 20.7 Å². The molecule has 0 aliphatic rings. The van der Waals surface area contributed by atoms with Gasteiger partial charge in [0.25, 0.3) is 11.8 Å². The molecule has 0 atom stereocenters. The number of hydrogen-bond donors (Lipinski definition) is 2. The highest BCUT2D eigenvalue weighted by Gasteiger charge is 2.28. The van der Waals surface area contributed by atoms with Gasteiger partial charge in [0.2, 0.25) is 5.88 Å². The van der Waals surface area contributed by atoms with E-state index in [2.05, 4.69) is 15.0 Å². The number of carbonyl (C=O) groups excluding carboxylic acids is 2. The van der Waals surface area contributed by atoms with Gasteiger partial charge in [0, 0.05) is 18.3 Å². The SMILES string of the molecule is COc1cc(NC(=O)c2ccc(OCC(F)(F)F)nc2)c(C(N)=O)cc1OC. The van der Waals surface area contributed by atoms with Crippen LogP contribution in [-0.2, 0) is 0 Å². The van der Waals surface area contributed by atoms with Gasteiger partial charge in [0.05, 0.1) is 31.0 Å². The Hall–Kier alpha value is -3.50. The van der Waals surface area contributed by atoms with E-state index in [1.165, 1.54) is 32.4 Å². The third-order valence-electron chi connectivity index (χ3n) is 3.42. The molecule has 0 fully saturated rings. The maximum Gasteiger partial charge on any atom is 0.422 e. The van der Waals surface area contributed by atoms with Gasteiger partial charge in [-0.15, -0.1) is 0 Å². The van der Waals surface area contributed by atoms with E-state index in [1.807, 2.05) is 0 Å². The molecule has 0 saturated heterocycles. The van der Waals surface area contributed by atoms with E-state index in [1.54, 1.807) is 0 Å². The lowest BCUT2D eigenvalue weighted by atomic mass is 10.1. The minimum Gasteiger partial charge on any atom is -0.493 e. The highest BCUT2D eigenvalue weighted by atomic mass is 19.4. The first kappa shape index (κ1) is 20.8. The number of anilines is 1. The Labute approximate surface area is 157 Å². The molecule has 2 aromatic rings. The first-order valence-electron chi connectivity index (χ1n) is 7.67. The number of carbonyl (C=O) groups is 2. The van der Waals surface area contributed by atoms with Gasteiger partial charge in [0.15, 0.2) is 18.1 Å². The normalized spacial score (nSPS) is 10.9. The molecular formula is C17H16F3N3O5. The van der Waals surface area contributed by atoms with E-state index in [0.717, 1.165) is 12.3 Å². The van der Waals surface area contributed by atoms with Crippen LogP contribution in [0.4, 0.5) is 18.9 Å². The summed E-state index contributed by atoms with van der Waals surface area (Å²) in [6.45, 7) is -1.50. The van der Waals surface area contributed by atoms with Crippen LogP contribution in [-0.4, -0.2) is 43.8 Å². The first-order valence-corrected chi connectivity index (χ1v) is 7.67. The van der Waals surface area contributed by atoms with Gasteiger partial charge in [-0.3, -0.25) is 9.59 Å². The average molecular weight is 399 g/mol. The largest absolute Gasteiger partial charge is 0.493 e. The molecule has 0 bridgehead atoms. The highest BCUT2D eigenvalue weighted by molar-refractivity contribution is 6.09. The van der Waals surface area contributed by atoms with Crippen molar-refractivity contribution in [1.82, 2.24) is 4.98 Å². The van der Waals surface area contributed by atoms with Crippen LogP contribution in [0.3, 0.4) is 0 Å². The van der Waals surface area contributed by atoms with Gasteiger partial charge in [-0.2, -0.15) is 13.2 Å². The Morgan fingerprint density at radius 1 is 1.14 bits per heavy atom. The fourth-order valence-electron chi connectivity index (χ4n) is 2.14. The average Bonchev–Trinajstić information content (AvgIpc) is 2.65. The Bertz CT molecular complexity index is 870. The van der Waals surface area contributed by atoms with Crippen LogP contribution >= 0.6 is 0 Å². The zero-order valence-electron chi connectivity index (χ0n) is 14.8.